The molecule has 6 aliphatic rings. The van der Waals surface area contributed by atoms with Gasteiger partial charge in [-0.2, -0.15) is 4.98 Å². The van der Waals surface area contributed by atoms with E-state index in [1.807, 2.05) is 25.1 Å². The van der Waals surface area contributed by atoms with Gasteiger partial charge in [0.2, 0.25) is 17.8 Å². The van der Waals surface area contributed by atoms with Crippen LogP contribution in [0, 0.1) is 41.8 Å². The Morgan fingerprint density at radius 1 is 0.925 bits per heavy atom. The van der Waals surface area contributed by atoms with Gasteiger partial charge in [0.15, 0.2) is 5.65 Å². The molecule has 2 N–H and O–H groups in total. The van der Waals surface area contributed by atoms with Crippen LogP contribution >= 0.6 is 0 Å². The molecule has 276 valence electrons. The number of carbonyl (C=O) groups is 2. The van der Waals surface area contributed by atoms with Gasteiger partial charge >= 0.3 is 0 Å². The number of amides is 2. The number of benzene rings is 2. The maximum Gasteiger partial charge on any atom is 0.257 e. The Morgan fingerprint density at radius 3 is 2.30 bits per heavy atom. The number of hydrogen-bond acceptors (Lipinski definition) is 8. The molecule has 12 heteroatoms. The third-order valence-corrected chi connectivity index (χ3v) is 12.5. The number of hydrogen-bond donors (Lipinski definition) is 2. The summed E-state index contributed by atoms with van der Waals surface area (Å²) in [7, 11) is 1.61. The smallest absolute Gasteiger partial charge is 0.257 e. The van der Waals surface area contributed by atoms with E-state index in [4.69, 9.17) is 9.72 Å². The van der Waals surface area contributed by atoms with Crippen LogP contribution in [0.2, 0.25) is 0 Å². The Bertz CT molecular complexity index is 2140. The Labute approximate surface area is 307 Å². The van der Waals surface area contributed by atoms with Crippen molar-refractivity contribution in [1.29, 1.82) is 0 Å². The van der Waals surface area contributed by atoms with Crippen LogP contribution in [0.3, 0.4) is 0 Å². The van der Waals surface area contributed by atoms with Crippen molar-refractivity contribution in [3.05, 3.63) is 70.4 Å². The summed E-state index contributed by atoms with van der Waals surface area (Å²) in [6.07, 6.45) is 11.9. The summed E-state index contributed by atoms with van der Waals surface area (Å²) in [5.41, 5.74) is 2.99. The summed E-state index contributed by atoms with van der Waals surface area (Å²) in [5, 5.41) is 6.58. The fourth-order valence-electron chi connectivity index (χ4n) is 10.1. The highest BCUT2D eigenvalue weighted by Gasteiger charge is 2.51. The van der Waals surface area contributed by atoms with E-state index in [1.54, 1.807) is 13.3 Å². The molecule has 6 fully saturated rings. The fraction of sp³-hybridized carbons (Fsp3) is 0.488. The van der Waals surface area contributed by atoms with Crippen LogP contribution < -0.4 is 25.8 Å². The van der Waals surface area contributed by atoms with Crippen LogP contribution in [0.15, 0.2) is 53.5 Å². The molecular weight excluding hydrogens is 673 g/mol. The van der Waals surface area contributed by atoms with Crippen molar-refractivity contribution in [3.63, 3.8) is 0 Å². The molecule has 0 unspecified atom stereocenters. The third-order valence-electron chi connectivity index (χ3n) is 12.5. The number of aromatic nitrogens is 3. The van der Waals surface area contributed by atoms with Gasteiger partial charge < -0.3 is 25.2 Å². The number of aryl methyl sites for hydroxylation is 1. The van der Waals surface area contributed by atoms with Gasteiger partial charge in [0.05, 0.1) is 24.2 Å². The number of methoxy groups -OCH3 is 1. The van der Waals surface area contributed by atoms with E-state index in [0.717, 1.165) is 55.8 Å². The van der Waals surface area contributed by atoms with E-state index < -0.39 is 5.82 Å². The van der Waals surface area contributed by atoms with Crippen LogP contribution in [0.5, 0.6) is 5.75 Å². The molecule has 1 saturated heterocycles. The second kappa shape index (κ2) is 13.1. The quantitative estimate of drug-likeness (QED) is 0.199. The maximum absolute atomic E-state index is 14.7. The van der Waals surface area contributed by atoms with Gasteiger partial charge in [-0.25, -0.2) is 9.37 Å². The van der Waals surface area contributed by atoms with Gasteiger partial charge in [0, 0.05) is 67.9 Å². The molecule has 0 spiro atoms. The summed E-state index contributed by atoms with van der Waals surface area (Å²) >= 11 is 0. The number of fused-ring (bicyclic) bond motifs is 1. The highest BCUT2D eigenvalue weighted by Crippen LogP contribution is 2.61. The molecule has 4 aromatic rings. The van der Waals surface area contributed by atoms with Crippen molar-refractivity contribution < 1.29 is 18.7 Å². The van der Waals surface area contributed by atoms with E-state index in [1.165, 1.54) is 67.4 Å². The molecule has 2 aromatic heterocycles. The van der Waals surface area contributed by atoms with Crippen LogP contribution in [0.1, 0.15) is 63.4 Å². The van der Waals surface area contributed by atoms with Crippen LogP contribution in [0.25, 0.3) is 16.7 Å². The zero-order chi connectivity index (χ0) is 36.4. The van der Waals surface area contributed by atoms with E-state index in [0.29, 0.717) is 52.7 Å². The van der Waals surface area contributed by atoms with Crippen molar-refractivity contribution in [1.82, 2.24) is 19.4 Å². The summed E-state index contributed by atoms with van der Waals surface area (Å²) < 4.78 is 21.9. The number of rotatable bonds is 9. The number of carbonyl (C=O) groups excluding carboxylic acids is 2. The van der Waals surface area contributed by atoms with Gasteiger partial charge in [0.25, 0.3) is 5.56 Å². The van der Waals surface area contributed by atoms with Crippen molar-refractivity contribution in [2.75, 3.05) is 48.8 Å². The van der Waals surface area contributed by atoms with Gasteiger partial charge in [-0.3, -0.25) is 19.0 Å². The topological polar surface area (TPSA) is 122 Å². The van der Waals surface area contributed by atoms with Crippen LogP contribution in [-0.2, 0) is 9.59 Å². The molecule has 53 heavy (non-hydrogen) atoms. The summed E-state index contributed by atoms with van der Waals surface area (Å²) in [6.45, 7) is 4.74. The summed E-state index contributed by atoms with van der Waals surface area (Å²) in [6, 6.07) is 11.6. The molecule has 0 radical (unpaired) electrons. The first kappa shape index (κ1) is 33.8. The van der Waals surface area contributed by atoms with E-state index in [-0.39, 0.29) is 34.4 Å². The number of pyridine rings is 1. The Morgan fingerprint density at radius 2 is 1.62 bits per heavy atom. The molecule has 2 amide bonds. The number of halogens is 1. The second-order valence-electron chi connectivity index (χ2n) is 16.3. The maximum atomic E-state index is 14.7. The van der Waals surface area contributed by atoms with E-state index in [2.05, 4.69) is 25.4 Å². The van der Waals surface area contributed by atoms with Crippen molar-refractivity contribution in [2.45, 2.75) is 64.7 Å². The van der Waals surface area contributed by atoms with Crippen molar-refractivity contribution in [2.24, 2.45) is 29.1 Å². The lowest BCUT2D eigenvalue weighted by Crippen LogP contribution is -2.52. The first-order chi connectivity index (χ1) is 25.6. The Hall–Kier alpha value is -5.00. The minimum atomic E-state index is -0.581. The molecule has 3 heterocycles. The molecule has 10 rings (SSSR count). The number of nitrogens with zero attached hydrogens (tertiary/aromatic N) is 5. The monoisotopic (exact) mass is 719 g/mol. The van der Waals surface area contributed by atoms with Gasteiger partial charge in [-0.05, 0) is 117 Å². The second-order valence-corrected chi connectivity index (χ2v) is 16.3. The Balaban J connectivity index is 0.907. The zero-order valence-electron chi connectivity index (χ0n) is 30.4. The van der Waals surface area contributed by atoms with Crippen LogP contribution in [-0.4, -0.2) is 64.5 Å². The minimum absolute atomic E-state index is 0.0165. The highest BCUT2D eigenvalue weighted by atomic mass is 19.1. The number of nitrogens with one attached hydrogen (secondary N) is 2. The Kier molecular flexibility index (Phi) is 8.38. The number of piperazine rings is 1. The summed E-state index contributed by atoms with van der Waals surface area (Å²) in [4.78, 5) is 53.1. The lowest BCUT2D eigenvalue weighted by Gasteiger charge is -2.57. The molecule has 4 bridgehead atoms. The van der Waals surface area contributed by atoms with E-state index in [9.17, 15) is 18.8 Å². The standard InChI is InChI=1S/C41H46FN7O4/c1-24-13-36(50)49(30-5-7-32(42)34(17-30)44-39(52)28-3-4-28)38-31(24)23-43-40(46-38)45-33-8-6-29(18-35(33)53-2)47-9-11-48(12-10-47)37(51)22-41-19-25-14-26(20-41)16-27(15-25)21-41/h5-8,13,17-18,23,25-28H,3-4,9-12,14-16,19-22H2,1-2H3,(H,44,52)(H,43,45,46). The first-order valence-corrected chi connectivity index (χ1v) is 19.1. The molecular formula is C41H46FN7O4. The average Bonchev–Trinajstić information content (AvgIpc) is 3.99. The SMILES string of the molecule is COc1cc(N2CCN(C(=O)CC34CC5CC(CC(C5)C3)C4)CC2)ccc1Nc1ncc2c(C)cc(=O)n(-c3ccc(F)c(NC(=O)C4CC4)c3)c2n1. The molecule has 2 aromatic carbocycles. The van der Waals surface area contributed by atoms with Gasteiger partial charge in [-0.15, -0.1) is 0 Å². The molecule has 0 atom stereocenters. The fourth-order valence-corrected chi connectivity index (χ4v) is 10.1. The predicted octanol–water partition coefficient (Wildman–Crippen LogP) is 6.58. The van der Waals surface area contributed by atoms with Crippen LogP contribution in [0.4, 0.5) is 27.4 Å². The normalized spacial score (nSPS) is 24.8. The third kappa shape index (κ3) is 6.50. The molecule has 5 saturated carbocycles. The molecule has 11 nitrogen and oxygen atoms in total. The first-order valence-electron chi connectivity index (χ1n) is 19.1. The van der Waals surface area contributed by atoms with Gasteiger partial charge in [-0.1, -0.05) is 0 Å². The molecule has 1 aliphatic heterocycles. The van der Waals surface area contributed by atoms with Crippen molar-refractivity contribution in [3.8, 4) is 11.4 Å². The predicted molar refractivity (Wildman–Crippen MR) is 201 cm³/mol. The highest BCUT2D eigenvalue weighted by molar-refractivity contribution is 5.94. The lowest BCUT2D eigenvalue weighted by atomic mass is 9.49. The van der Waals surface area contributed by atoms with Crippen molar-refractivity contribution >= 4 is 45.9 Å². The number of ether oxygens (including phenoxy) is 1. The van der Waals surface area contributed by atoms with Gasteiger partial charge in [0.1, 0.15) is 11.6 Å². The summed E-state index contributed by atoms with van der Waals surface area (Å²) in [5.74, 6) is 2.81. The average molecular weight is 720 g/mol. The zero-order valence-corrected chi connectivity index (χ0v) is 30.4. The minimum Gasteiger partial charge on any atom is -0.494 e. The van der Waals surface area contributed by atoms with E-state index >= 15 is 0 Å². The largest absolute Gasteiger partial charge is 0.494 e. The lowest BCUT2D eigenvalue weighted by molar-refractivity contribution is -0.139. The number of anilines is 4. The molecule has 5 aliphatic carbocycles.